The molecule has 4 nitrogen and oxygen atoms in total. The van der Waals surface area contributed by atoms with Crippen LogP contribution in [0.15, 0.2) is 12.4 Å². The maximum atomic E-state index is 11.0. The van der Waals surface area contributed by atoms with Crippen molar-refractivity contribution in [3.8, 4) is 0 Å². The Labute approximate surface area is 88.4 Å². The van der Waals surface area contributed by atoms with Crippen LogP contribution in [0.4, 0.5) is 0 Å². The standard InChI is InChI=1S/C11H14N2O2/c1-6-9(13-5-4-12-6)7-8(10(14)15)11(7,2)3/h4-5,7-8H,1-3H3,(H,14,15)/t7-,8-/m0/s1. The Hall–Kier alpha value is -1.45. The van der Waals surface area contributed by atoms with Crippen molar-refractivity contribution in [3.63, 3.8) is 0 Å². The number of aryl methyl sites for hydroxylation is 1. The first-order valence-corrected chi connectivity index (χ1v) is 4.96. The molecule has 1 heterocycles. The third-order valence-corrected chi connectivity index (χ3v) is 3.31. The average Bonchev–Trinajstić information content (AvgIpc) is 2.70. The lowest BCUT2D eigenvalue weighted by Gasteiger charge is -2.03. The molecule has 1 aliphatic rings. The largest absolute Gasteiger partial charge is 0.481 e. The summed E-state index contributed by atoms with van der Waals surface area (Å²) in [4.78, 5) is 19.4. The Bertz CT molecular complexity index is 415. The minimum absolute atomic E-state index is 0.00343. The van der Waals surface area contributed by atoms with Gasteiger partial charge in [-0.05, 0) is 12.3 Å². The topological polar surface area (TPSA) is 63.1 Å². The molecule has 1 fully saturated rings. The smallest absolute Gasteiger partial charge is 0.307 e. The summed E-state index contributed by atoms with van der Waals surface area (Å²) in [6.45, 7) is 5.80. The second-order valence-electron chi connectivity index (χ2n) is 4.64. The zero-order chi connectivity index (χ0) is 11.2. The van der Waals surface area contributed by atoms with Crippen LogP contribution >= 0.6 is 0 Å². The van der Waals surface area contributed by atoms with E-state index in [4.69, 9.17) is 5.11 Å². The van der Waals surface area contributed by atoms with E-state index in [-0.39, 0.29) is 17.3 Å². The molecule has 0 bridgehead atoms. The summed E-state index contributed by atoms with van der Waals surface area (Å²) < 4.78 is 0. The van der Waals surface area contributed by atoms with Crippen molar-refractivity contribution in [2.45, 2.75) is 26.7 Å². The van der Waals surface area contributed by atoms with Crippen LogP contribution in [-0.2, 0) is 4.79 Å². The van der Waals surface area contributed by atoms with Crippen LogP contribution in [0.2, 0.25) is 0 Å². The van der Waals surface area contributed by atoms with Gasteiger partial charge in [0.25, 0.3) is 0 Å². The number of rotatable bonds is 2. The fourth-order valence-corrected chi connectivity index (χ4v) is 2.33. The monoisotopic (exact) mass is 206 g/mol. The maximum Gasteiger partial charge on any atom is 0.307 e. The normalized spacial score (nSPS) is 27.4. The first-order chi connectivity index (χ1) is 6.96. The summed E-state index contributed by atoms with van der Waals surface area (Å²) in [6, 6.07) is 0. The quantitative estimate of drug-likeness (QED) is 0.798. The fourth-order valence-electron chi connectivity index (χ4n) is 2.33. The Morgan fingerprint density at radius 2 is 2.00 bits per heavy atom. The van der Waals surface area contributed by atoms with E-state index >= 15 is 0 Å². The molecule has 1 aromatic heterocycles. The van der Waals surface area contributed by atoms with Gasteiger partial charge in [-0.2, -0.15) is 0 Å². The number of nitrogens with zero attached hydrogens (tertiary/aromatic N) is 2. The predicted molar refractivity (Wildman–Crippen MR) is 54.4 cm³/mol. The van der Waals surface area contributed by atoms with Gasteiger partial charge in [0.2, 0.25) is 0 Å². The highest BCUT2D eigenvalue weighted by Crippen LogP contribution is 2.64. The molecule has 1 aromatic rings. The minimum atomic E-state index is -0.741. The lowest BCUT2D eigenvalue weighted by Crippen LogP contribution is -2.03. The number of hydrogen-bond donors (Lipinski definition) is 1. The van der Waals surface area contributed by atoms with Gasteiger partial charge < -0.3 is 5.11 Å². The van der Waals surface area contributed by atoms with Crippen molar-refractivity contribution in [2.24, 2.45) is 11.3 Å². The minimum Gasteiger partial charge on any atom is -0.481 e. The Balaban J connectivity index is 2.36. The van der Waals surface area contributed by atoms with Gasteiger partial charge in [0.1, 0.15) is 0 Å². The van der Waals surface area contributed by atoms with Crippen LogP contribution in [0, 0.1) is 18.3 Å². The third kappa shape index (κ3) is 1.40. The van der Waals surface area contributed by atoms with Gasteiger partial charge in [0, 0.05) is 18.3 Å². The first-order valence-electron chi connectivity index (χ1n) is 4.96. The zero-order valence-corrected chi connectivity index (χ0v) is 9.06. The highest BCUT2D eigenvalue weighted by atomic mass is 16.4. The molecule has 4 heteroatoms. The summed E-state index contributed by atoms with van der Waals surface area (Å²) >= 11 is 0. The van der Waals surface area contributed by atoms with Crippen LogP contribution in [0.5, 0.6) is 0 Å². The van der Waals surface area contributed by atoms with Crippen LogP contribution < -0.4 is 0 Å². The van der Waals surface area contributed by atoms with Crippen LogP contribution in [0.3, 0.4) is 0 Å². The molecule has 1 saturated carbocycles. The molecular formula is C11H14N2O2. The van der Waals surface area contributed by atoms with Crippen molar-refractivity contribution in [3.05, 3.63) is 23.8 Å². The van der Waals surface area contributed by atoms with Gasteiger partial charge in [-0.1, -0.05) is 13.8 Å². The van der Waals surface area contributed by atoms with Crippen molar-refractivity contribution < 1.29 is 9.90 Å². The van der Waals surface area contributed by atoms with E-state index < -0.39 is 5.97 Å². The van der Waals surface area contributed by atoms with E-state index in [0.717, 1.165) is 11.4 Å². The molecule has 1 aliphatic carbocycles. The Kier molecular flexibility index (Phi) is 2.03. The molecule has 0 unspecified atom stereocenters. The average molecular weight is 206 g/mol. The molecule has 0 saturated heterocycles. The second kappa shape index (κ2) is 3.02. The van der Waals surface area contributed by atoms with Crippen molar-refractivity contribution in [1.82, 2.24) is 9.97 Å². The fraction of sp³-hybridized carbons (Fsp3) is 0.545. The van der Waals surface area contributed by atoms with Crippen molar-refractivity contribution >= 4 is 5.97 Å². The second-order valence-corrected chi connectivity index (χ2v) is 4.64. The Morgan fingerprint density at radius 3 is 2.47 bits per heavy atom. The molecule has 0 amide bonds. The molecule has 1 N–H and O–H groups in total. The van der Waals surface area contributed by atoms with E-state index in [0.29, 0.717) is 0 Å². The summed E-state index contributed by atoms with van der Waals surface area (Å²) in [5.41, 5.74) is 1.46. The highest BCUT2D eigenvalue weighted by Gasteiger charge is 2.64. The predicted octanol–water partition coefficient (Wildman–Crippen LogP) is 1.61. The molecule has 80 valence electrons. The molecule has 0 spiro atoms. The number of hydrogen-bond acceptors (Lipinski definition) is 3. The van der Waals surface area contributed by atoms with Crippen LogP contribution in [-0.4, -0.2) is 21.0 Å². The van der Waals surface area contributed by atoms with Gasteiger partial charge in [-0.25, -0.2) is 0 Å². The van der Waals surface area contributed by atoms with E-state index in [1.165, 1.54) is 0 Å². The summed E-state index contributed by atoms with van der Waals surface area (Å²) in [5, 5.41) is 9.06. The van der Waals surface area contributed by atoms with Gasteiger partial charge in [-0.15, -0.1) is 0 Å². The lowest BCUT2D eigenvalue weighted by atomic mass is 10.1. The molecule has 0 radical (unpaired) electrons. The van der Waals surface area contributed by atoms with Gasteiger partial charge in [0.15, 0.2) is 0 Å². The third-order valence-electron chi connectivity index (χ3n) is 3.31. The van der Waals surface area contributed by atoms with E-state index in [2.05, 4.69) is 9.97 Å². The highest BCUT2D eigenvalue weighted by molar-refractivity contribution is 5.77. The number of carbonyl (C=O) groups is 1. The molecule has 2 rings (SSSR count). The van der Waals surface area contributed by atoms with E-state index in [1.807, 2.05) is 20.8 Å². The van der Waals surface area contributed by atoms with Gasteiger partial charge in [0.05, 0.1) is 17.3 Å². The molecule has 2 atom stereocenters. The van der Waals surface area contributed by atoms with Gasteiger partial charge >= 0.3 is 5.97 Å². The SMILES string of the molecule is Cc1nccnc1[C@@H]1[C@@H](C(=O)O)C1(C)C. The molecule has 15 heavy (non-hydrogen) atoms. The summed E-state index contributed by atoms with van der Waals surface area (Å²) in [7, 11) is 0. The van der Waals surface area contributed by atoms with E-state index in [9.17, 15) is 4.79 Å². The molecule has 0 aliphatic heterocycles. The van der Waals surface area contributed by atoms with Crippen LogP contribution in [0.1, 0.15) is 31.2 Å². The Morgan fingerprint density at radius 1 is 1.40 bits per heavy atom. The number of carboxylic acids is 1. The number of aromatic nitrogens is 2. The lowest BCUT2D eigenvalue weighted by molar-refractivity contribution is -0.139. The number of aliphatic carboxylic acids is 1. The van der Waals surface area contributed by atoms with Crippen LogP contribution in [0.25, 0.3) is 0 Å². The summed E-state index contributed by atoms with van der Waals surface area (Å²) in [5.74, 6) is -1.06. The number of carboxylic acid groups (broad SMARTS) is 1. The van der Waals surface area contributed by atoms with Gasteiger partial charge in [-0.3, -0.25) is 14.8 Å². The maximum absolute atomic E-state index is 11.0. The zero-order valence-electron chi connectivity index (χ0n) is 9.06. The van der Waals surface area contributed by atoms with Crippen molar-refractivity contribution in [1.29, 1.82) is 0 Å². The molecular weight excluding hydrogens is 192 g/mol. The van der Waals surface area contributed by atoms with Crippen molar-refractivity contribution in [2.75, 3.05) is 0 Å². The first kappa shape index (κ1) is 10.1. The molecule has 0 aromatic carbocycles. The van der Waals surface area contributed by atoms with E-state index in [1.54, 1.807) is 12.4 Å². The summed E-state index contributed by atoms with van der Waals surface area (Å²) in [6.07, 6.45) is 3.25.